The van der Waals surface area contributed by atoms with Gasteiger partial charge >= 0.3 is 0 Å². The Balaban J connectivity index is 2.41. The van der Waals surface area contributed by atoms with Gasteiger partial charge in [-0.1, -0.05) is 35.9 Å². The molecule has 2 aromatic rings. The molecule has 0 saturated heterocycles. The Morgan fingerprint density at radius 2 is 1.06 bits per heavy atom. The van der Waals surface area contributed by atoms with Gasteiger partial charge in [0.05, 0.1) is 0 Å². The van der Waals surface area contributed by atoms with Gasteiger partial charge in [-0.25, -0.2) is 8.78 Å². The summed E-state index contributed by atoms with van der Waals surface area (Å²) in [5.74, 6) is -0.833. The number of rotatable bonds is 2. The molecule has 88 valence electrons. The van der Waals surface area contributed by atoms with Crippen LogP contribution in [-0.4, -0.2) is 5.11 Å². The van der Waals surface area contributed by atoms with Crippen LogP contribution in [0.3, 0.4) is 0 Å². The highest BCUT2D eigenvalue weighted by molar-refractivity contribution is 6.24. The zero-order valence-corrected chi connectivity index (χ0v) is 9.46. The van der Waals surface area contributed by atoms with Gasteiger partial charge in [0, 0.05) is 11.1 Å². The van der Waals surface area contributed by atoms with E-state index in [1.165, 1.54) is 48.5 Å². The van der Waals surface area contributed by atoms with E-state index >= 15 is 0 Å². The van der Waals surface area contributed by atoms with Crippen molar-refractivity contribution in [2.24, 2.45) is 0 Å². The van der Waals surface area contributed by atoms with Crippen LogP contribution in [0.15, 0.2) is 48.5 Å². The summed E-state index contributed by atoms with van der Waals surface area (Å²) >= 11 is 6.00. The fraction of sp³-hybridized carbons (Fsp3) is 0.0769. The van der Waals surface area contributed by atoms with Crippen LogP contribution in [-0.2, 0) is 5.06 Å². The average Bonchev–Trinajstić information content (AvgIpc) is 2.30. The van der Waals surface area contributed by atoms with Gasteiger partial charge in [0.1, 0.15) is 11.6 Å². The molecular weight excluding hydrogens is 246 g/mol. The van der Waals surface area contributed by atoms with Gasteiger partial charge in [0.2, 0.25) is 0 Å². The summed E-state index contributed by atoms with van der Waals surface area (Å²) in [6.07, 6.45) is 0. The smallest absolute Gasteiger partial charge is 0.190 e. The summed E-state index contributed by atoms with van der Waals surface area (Å²) in [5.41, 5.74) is 0.652. The Kier molecular flexibility index (Phi) is 3.13. The van der Waals surface area contributed by atoms with Gasteiger partial charge in [0.25, 0.3) is 0 Å². The fourth-order valence-electron chi connectivity index (χ4n) is 1.51. The summed E-state index contributed by atoms with van der Waals surface area (Å²) in [5, 5.41) is 8.37. The van der Waals surface area contributed by atoms with E-state index in [4.69, 9.17) is 11.6 Å². The average molecular weight is 255 g/mol. The summed E-state index contributed by atoms with van der Waals surface area (Å²) in [4.78, 5) is 0. The number of hydrogen-bond donors (Lipinski definition) is 1. The lowest BCUT2D eigenvalue weighted by molar-refractivity contribution is 0.173. The topological polar surface area (TPSA) is 20.2 Å². The van der Waals surface area contributed by atoms with Crippen molar-refractivity contribution in [3.8, 4) is 0 Å². The van der Waals surface area contributed by atoms with E-state index in [2.05, 4.69) is 0 Å². The number of alkyl halides is 1. The first kappa shape index (κ1) is 12.0. The molecule has 0 fully saturated rings. The molecule has 0 saturated carbocycles. The Bertz CT molecular complexity index is 458. The third-order valence-electron chi connectivity index (χ3n) is 2.45. The molecular formula is C13H9ClF2O. The SMILES string of the molecule is OC(Cl)(c1ccc(F)cc1)c1ccc(F)cc1. The van der Waals surface area contributed by atoms with Crippen molar-refractivity contribution in [1.29, 1.82) is 0 Å². The number of halogens is 3. The largest absolute Gasteiger partial charge is 0.367 e. The van der Waals surface area contributed by atoms with Crippen molar-refractivity contribution < 1.29 is 13.9 Å². The van der Waals surface area contributed by atoms with Crippen molar-refractivity contribution in [3.63, 3.8) is 0 Å². The number of aliphatic hydroxyl groups is 1. The minimum atomic E-state index is -1.79. The zero-order chi connectivity index (χ0) is 12.5. The van der Waals surface area contributed by atoms with Gasteiger partial charge < -0.3 is 5.11 Å². The van der Waals surface area contributed by atoms with Gasteiger partial charge in [-0.05, 0) is 24.3 Å². The molecule has 4 heteroatoms. The van der Waals surface area contributed by atoms with Crippen molar-refractivity contribution in [2.75, 3.05) is 0 Å². The maximum Gasteiger partial charge on any atom is 0.190 e. The molecule has 1 nitrogen and oxygen atoms in total. The zero-order valence-electron chi connectivity index (χ0n) is 8.70. The minimum Gasteiger partial charge on any atom is -0.367 e. The van der Waals surface area contributed by atoms with Crippen LogP contribution in [0, 0.1) is 11.6 Å². The molecule has 0 spiro atoms. The summed E-state index contributed by atoms with van der Waals surface area (Å²) < 4.78 is 25.5. The third kappa shape index (κ3) is 2.46. The molecule has 1 N–H and O–H groups in total. The highest BCUT2D eigenvalue weighted by atomic mass is 35.5. The Morgan fingerprint density at radius 3 is 1.35 bits per heavy atom. The molecule has 0 radical (unpaired) electrons. The van der Waals surface area contributed by atoms with E-state index in [0.717, 1.165) is 0 Å². The summed E-state index contributed by atoms with van der Waals surface area (Å²) in [7, 11) is 0. The molecule has 2 rings (SSSR count). The van der Waals surface area contributed by atoms with Crippen LogP contribution in [0.1, 0.15) is 11.1 Å². The fourth-order valence-corrected chi connectivity index (χ4v) is 1.76. The molecule has 0 amide bonds. The first-order valence-corrected chi connectivity index (χ1v) is 5.31. The van der Waals surface area contributed by atoms with E-state index in [-0.39, 0.29) is 0 Å². The summed E-state index contributed by atoms with van der Waals surface area (Å²) in [6.45, 7) is 0. The lowest BCUT2D eigenvalue weighted by Gasteiger charge is -2.21. The predicted octanol–water partition coefficient (Wildman–Crippen LogP) is 3.40. The minimum absolute atomic E-state index is 0.326. The molecule has 0 atom stereocenters. The van der Waals surface area contributed by atoms with E-state index in [1.807, 2.05) is 0 Å². The van der Waals surface area contributed by atoms with Crippen molar-refractivity contribution in [1.82, 2.24) is 0 Å². The molecule has 0 aliphatic heterocycles. The first-order valence-electron chi connectivity index (χ1n) is 4.93. The quantitative estimate of drug-likeness (QED) is 0.815. The monoisotopic (exact) mass is 254 g/mol. The van der Waals surface area contributed by atoms with Gasteiger partial charge in [-0.2, -0.15) is 0 Å². The molecule has 0 unspecified atom stereocenters. The van der Waals surface area contributed by atoms with Crippen molar-refractivity contribution >= 4 is 11.6 Å². The summed E-state index contributed by atoms with van der Waals surface area (Å²) in [6, 6.07) is 10.3. The number of benzene rings is 2. The highest BCUT2D eigenvalue weighted by Gasteiger charge is 2.28. The molecule has 2 aromatic carbocycles. The van der Waals surface area contributed by atoms with Gasteiger partial charge in [-0.3, -0.25) is 0 Å². The lowest BCUT2D eigenvalue weighted by atomic mass is 10.0. The van der Waals surface area contributed by atoms with Crippen LogP contribution in [0.2, 0.25) is 0 Å². The highest BCUT2D eigenvalue weighted by Crippen LogP contribution is 2.33. The second-order valence-electron chi connectivity index (χ2n) is 3.64. The van der Waals surface area contributed by atoms with Crippen LogP contribution >= 0.6 is 11.6 Å². The normalized spacial score (nSPS) is 11.5. The molecule has 0 aromatic heterocycles. The first-order chi connectivity index (χ1) is 8.00. The van der Waals surface area contributed by atoms with Crippen LogP contribution < -0.4 is 0 Å². The standard InChI is InChI=1S/C13H9ClF2O/c14-13(17,9-1-5-11(15)6-2-9)10-3-7-12(16)8-4-10/h1-8,17H. The van der Waals surface area contributed by atoms with Crippen LogP contribution in [0.25, 0.3) is 0 Å². The van der Waals surface area contributed by atoms with E-state index in [9.17, 15) is 13.9 Å². The number of hydrogen-bond acceptors (Lipinski definition) is 1. The van der Waals surface area contributed by atoms with E-state index in [1.54, 1.807) is 0 Å². The lowest BCUT2D eigenvalue weighted by Crippen LogP contribution is -2.19. The van der Waals surface area contributed by atoms with Gasteiger partial charge in [-0.15, -0.1) is 0 Å². The molecule has 0 aliphatic rings. The Hall–Kier alpha value is -1.45. The van der Waals surface area contributed by atoms with Crippen LogP contribution in [0.4, 0.5) is 8.78 Å². The predicted molar refractivity (Wildman–Crippen MR) is 61.7 cm³/mol. The third-order valence-corrected chi connectivity index (χ3v) is 2.89. The molecule has 0 heterocycles. The van der Waals surface area contributed by atoms with Crippen LogP contribution in [0.5, 0.6) is 0 Å². The maximum absolute atomic E-state index is 12.8. The Labute approximate surface area is 102 Å². The molecule has 17 heavy (non-hydrogen) atoms. The Morgan fingerprint density at radius 1 is 0.765 bits per heavy atom. The van der Waals surface area contributed by atoms with E-state index in [0.29, 0.717) is 11.1 Å². The van der Waals surface area contributed by atoms with Crippen molar-refractivity contribution in [2.45, 2.75) is 5.06 Å². The second-order valence-corrected chi connectivity index (χ2v) is 4.18. The second kappa shape index (κ2) is 4.43. The van der Waals surface area contributed by atoms with Gasteiger partial charge in [0.15, 0.2) is 5.06 Å². The van der Waals surface area contributed by atoms with E-state index < -0.39 is 16.7 Å². The molecule has 0 aliphatic carbocycles. The maximum atomic E-state index is 12.8. The molecule has 0 bridgehead atoms. The van der Waals surface area contributed by atoms with Crippen molar-refractivity contribution in [3.05, 3.63) is 71.3 Å².